The third-order valence-corrected chi connectivity index (χ3v) is 6.75. The van der Waals surface area contributed by atoms with Crippen LogP contribution in [0.15, 0.2) is 58.4 Å². The molecule has 32 heavy (non-hydrogen) atoms. The van der Waals surface area contributed by atoms with E-state index in [1.165, 1.54) is 45.2 Å². The summed E-state index contributed by atoms with van der Waals surface area (Å²) in [6.07, 6.45) is -0.852. The SMILES string of the molecule is C=N[C@@H](Cc1ccc(OC)cc1)[C@H](O)CN(CC(C)(C)F)S(=O)(=O)c1ccc(OC)cc1. The first kappa shape index (κ1) is 25.8. The molecule has 0 aliphatic rings. The molecule has 2 aromatic rings. The number of nitrogens with zero attached hydrogens (tertiary/aromatic N) is 2. The van der Waals surface area contributed by atoms with Crippen LogP contribution in [0.3, 0.4) is 0 Å². The van der Waals surface area contributed by atoms with E-state index in [0.29, 0.717) is 17.9 Å². The minimum Gasteiger partial charge on any atom is -0.497 e. The van der Waals surface area contributed by atoms with Gasteiger partial charge in [-0.05, 0) is 68.9 Å². The van der Waals surface area contributed by atoms with Crippen LogP contribution in [0.25, 0.3) is 0 Å². The Balaban J connectivity index is 2.25. The van der Waals surface area contributed by atoms with E-state index >= 15 is 0 Å². The van der Waals surface area contributed by atoms with Crippen LogP contribution >= 0.6 is 0 Å². The van der Waals surface area contributed by atoms with E-state index in [9.17, 15) is 17.9 Å². The minimum atomic E-state index is -4.08. The van der Waals surface area contributed by atoms with Gasteiger partial charge in [0, 0.05) is 13.1 Å². The summed E-state index contributed by atoms with van der Waals surface area (Å²) in [6.45, 7) is 5.36. The van der Waals surface area contributed by atoms with Crippen molar-refractivity contribution in [3.63, 3.8) is 0 Å². The lowest BCUT2D eigenvalue weighted by Crippen LogP contribution is -2.46. The number of sulfonamides is 1. The maximum atomic E-state index is 14.5. The van der Waals surface area contributed by atoms with Gasteiger partial charge in [0.2, 0.25) is 10.0 Å². The molecule has 0 saturated carbocycles. The van der Waals surface area contributed by atoms with Gasteiger partial charge in [-0.15, -0.1) is 0 Å². The maximum Gasteiger partial charge on any atom is 0.243 e. The third-order valence-electron chi connectivity index (χ3n) is 4.92. The number of methoxy groups -OCH3 is 2. The second-order valence-electron chi connectivity index (χ2n) is 8.06. The van der Waals surface area contributed by atoms with E-state index in [1.807, 2.05) is 12.1 Å². The van der Waals surface area contributed by atoms with Gasteiger partial charge in [0.05, 0.1) is 31.3 Å². The van der Waals surface area contributed by atoms with Gasteiger partial charge in [0.1, 0.15) is 17.2 Å². The Hall–Kier alpha value is -2.49. The number of ether oxygens (including phenoxy) is 2. The Morgan fingerprint density at radius 3 is 2.00 bits per heavy atom. The van der Waals surface area contributed by atoms with Crippen LogP contribution in [0.4, 0.5) is 4.39 Å². The van der Waals surface area contributed by atoms with Crippen molar-refractivity contribution in [3.05, 3.63) is 54.1 Å². The zero-order chi connectivity index (χ0) is 23.9. The molecule has 0 aliphatic heterocycles. The van der Waals surface area contributed by atoms with Gasteiger partial charge in [-0.25, -0.2) is 12.8 Å². The molecule has 176 valence electrons. The molecule has 0 saturated heterocycles. The van der Waals surface area contributed by atoms with Crippen LogP contribution in [0.2, 0.25) is 0 Å². The first-order chi connectivity index (χ1) is 15.0. The molecular weight excluding hydrogens is 435 g/mol. The standard InChI is InChI=1S/C23H31FN2O5S/c1-23(2,24)16-26(32(28,29)20-12-10-19(31-5)11-13-20)15-22(27)21(25-3)14-17-6-8-18(30-4)9-7-17/h6-13,21-22,27H,3,14-16H2,1-2,4-5H3/t21-,22+/m0/s1. The molecule has 7 nitrogen and oxygen atoms in total. The molecule has 2 atom stereocenters. The number of benzene rings is 2. The molecule has 0 radical (unpaired) electrons. The van der Waals surface area contributed by atoms with Crippen molar-refractivity contribution in [2.45, 2.75) is 43.0 Å². The fourth-order valence-corrected chi connectivity index (χ4v) is 4.82. The molecule has 0 spiro atoms. The van der Waals surface area contributed by atoms with E-state index in [0.717, 1.165) is 9.87 Å². The predicted molar refractivity (Wildman–Crippen MR) is 123 cm³/mol. The first-order valence-corrected chi connectivity index (χ1v) is 11.5. The van der Waals surface area contributed by atoms with Crippen molar-refractivity contribution in [3.8, 4) is 11.5 Å². The van der Waals surface area contributed by atoms with E-state index < -0.39 is 34.4 Å². The van der Waals surface area contributed by atoms with Gasteiger partial charge >= 0.3 is 0 Å². The summed E-state index contributed by atoms with van der Waals surface area (Å²) in [5.74, 6) is 1.19. The highest BCUT2D eigenvalue weighted by Gasteiger charge is 2.34. The highest BCUT2D eigenvalue weighted by atomic mass is 32.2. The van der Waals surface area contributed by atoms with Gasteiger partial charge in [0.25, 0.3) is 0 Å². The lowest BCUT2D eigenvalue weighted by molar-refractivity contribution is 0.0974. The average molecular weight is 467 g/mol. The van der Waals surface area contributed by atoms with Crippen LogP contribution in [0, 0.1) is 0 Å². The highest BCUT2D eigenvalue weighted by Crippen LogP contribution is 2.24. The second-order valence-corrected chi connectivity index (χ2v) is 10.00. The Morgan fingerprint density at radius 1 is 1.06 bits per heavy atom. The van der Waals surface area contributed by atoms with Crippen LogP contribution in [-0.4, -0.2) is 69.7 Å². The number of hydrogen-bond donors (Lipinski definition) is 1. The van der Waals surface area contributed by atoms with E-state index in [1.54, 1.807) is 19.2 Å². The third kappa shape index (κ3) is 7.01. The van der Waals surface area contributed by atoms with Gasteiger partial charge in [-0.3, -0.25) is 4.99 Å². The summed E-state index contributed by atoms with van der Waals surface area (Å²) in [7, 11) is -1.04. The maximum absolute atomic E-state index is 14.5. The Bertz CT molecular complexity index is 973. The lowest BCUT2D eigenvalue weighted by Gasteiger charge is -2.30. The highest BCUT2D eigenvalue weighted by molar-refractivity contribution is 7.89. The Kier molecular flexibility index (Phi) is 8.77. The van der Waals surface area contributed by atoms with Crippen LogP contribution < -0.4 is 9.47 Å². The van der Waals surface area contributed by atoms with Gasteiger partial charge in [-0.2, -0.15) is 4.31 Å². The average Bonchev–Trinajstić information content (AvgIpc) is 2.76. The fraction of sp³-hybridized carbons (Fsp3) is 0.435. The summed E-state index contributed by atoms with van der Waals surface area (Å²) in [6, 6.07) is 12.4. The largest absolute Gasteiger partial charge is 0.497 e. The number of aliphatic hydroxyl groups excluding tert-OH is 1. The second kappa shape index (κ2) is 10.9. The topological polar surface area (TPSA) is 88.4 Å². The van der Waals surface area contributed by atoms with E-state index in [-0.39, 0.29) is 11.4 Å². The van der Waals surface area contributed by atoms with Crippen molar-refractivity contribution < 1.29 is 27.4 Å². The number of hydrogen-bond acceptors (Lipinski definition) is 6. The first-order valence-electron chi connectivity index (χ1n) is 10.1. The quantitative estimate of drug-likeness (QED) is 0.486. The number of alkyl halides is 1. The van der Waals surface area contributed by atoms with Crippen molar-refractivity contribution in [2.24, 2.45) is 4.99 Å². The molecule has 0 heterocycles. The lowest BCUT2D eigenvalue weighted by atomic mass is 10.0. The van der Waals surface area contributed by atoms with E-state index in [4.69, 9.17) is 9.47 Å². The summed E-state index contributed by atoms with van der Waals surface area (Å²) in [4.78, 5) is 3.97. The van der Waals surface area contributed by atoms with Crippen LogP contribution in [0.5, 0.6) is 11.5 Å². The van der Waals surface area contributed by atoms with Gasteiger partial charge in [0.15, 0.2) is 0 Å². The molecular formula is C23H31FN2O5S. The normalized spacial score (nSPS) is 14.1. The monoisotopic (exact) mass is 466 g/mol. The molecule has 0 fully saturated rings. The van der Waals surface area contributed by atoms with Gasteiger partial charge in [-0.1, -0.05) is 12.1 Å². The molecule has 0 amide bonds. The Labute approximate surface area is 189 Å². The summed E-state index contributed by atoms with van der Waals surface area (Å²) >= 11 is 0. The molecule has 2 aromatic carbocycles. The van der Waals surface area contributed by atoms with Crippen molar-refractivity contribution in [2.75, 3.05) is 27.3 Å². The molecule has 0 unspecified atom stereocenters. The van der Waals surface area contributed by atoms with Crippen molar-refractivity contribution in [1.29, 1.82) is 0 Å². The van der Waals surface area contributed by atoms with Crippen LogP contribution in [0.1, 0.15) is 19.4 Å². The molecule has 0 bridgehead atoms. The number of rotatable bonds is 12. The summed E-state index contributed by atoms with van der Waals surface area (Å²) < 4.78 is 52.1. The van der Waals surface area contributed by atoms with Crippen LogP contribution in [-0.2, 0) is 16.4 Å². The summed E-state index contributed by atoms with van der Waals surface area (Å²) in [5, 5.41) is 10.8. The number of halogens is 1. The fourth-order valence-electron chi connectivity index (χ4n) is 3.22. The summed E-state index contributed by atoms with van der Waals surface area (Å²) in [5.41, 5.74) is -0.940. The molecule has 0 aromatic heterocycles. The minimum absolute atomic E-state index is 0.0204. The zero-order valence-electron chi connectivity index (χ0n) is 18.9. The van der Waals surface area contributed by atoms with Crippen molar-refractivity contribution >= 4 is 16.7 Å². The van der Waals surface area contributed by atoms with Crippen molar-refractivity contribution in [1.82, 2.24) is 4.31 Å². The predicted octanol–water partition coefficient (Wildman–Crippen LogP) is 3.12. The van der Waals surface area contributed by atoms with E-state index in [2.05, 4.69) is 11.7 Å². The molecule has 9 heteroatoms. The smallest absolute Gasteiger partial charge is 0.243 e. The molecule has 2 rings (SSSR count). The molecule has 1 N–H and O–H groups in total. The molecule has 0 aliphatic carbocycles. The number of aliphatic hydroxyl groups is 1. The Morgan fingerprint density at radius 2 is 1.56 bits per heavy atom. The zero-order valence-corrected chi connectivity index (χ0v) is 19.7. The number of aliphatic imine (C=N–C) groups is 1. The van der Waals surface area contributed by atoms with Gasteiger partial charge < -0.3 is 14.6 Å².